The normalized spacial score (nSPS) is 22.8. The van der Waals surface area contributed by atoms with Crippen molar-refractivity contribution in [3.05, 3.63) is 59.7 Å². The molecular weight excluding hydrogens is 514 g/mol. The Bertz CT molecular complexity index is 1240. The van der Waals surface area contributed by atoms with Crippen LogP contribution in [0.5, 0.6) is 5.75 Å². The second-order valence-corrected chi connectivity index (χ2v) is 12.7. The number of carbonyl (C=O) groups is 1. The molecule has 0 saturated heterocycles. The van der Waals surface area contributed by atoms with Crippen LogP contribution in [-0.4, -0.2) is 73.7 Å². The zero-order valence-electron chi connectivity index (χ0n) is 23.1. The van der Waals surface area contributed by atoms with Gasteiger partial charge in [-0.3, -0.25) is 0 Å². The van der Waals surface area contributed by atoms with E-state index in [4.69, 9.17) is 4.74 Å². The molecule has 1 fully saturated rings. The summed E-state index contributed by atoms with van der Waals surface area (Å²) < 4.78 is 35.2. The lowest BCUT2D eigenvalue weighted by atomic mass is 9.96. The van der Waals surface area contributed by atoms with Crippen molar-refractivity contribution in [3.8, 4) is 5.75 Å². The number of fused-ring (bicyclic) bond motifs is 1. The molecule has 1 heterocycles. The Morgan fingerprint density at radius 2 is 1.82 bits per heavy atom. The van der Waals surface area contributed by atoms with Gasteiger partial charge < -0.3 is 20.1 Å². The van der Waals surface area contributed by atoms with Crippen molar-refractivity contribution in [3.63, 3.8) is 0 Å². The van der Waals surface area contributed by atoms with E-state index in [-0.39, 0.29) is 41.8 Å². The third-order valence-corrected chi connectivity index (χ3v) is 9.71. The molecule has 2 amide bonds. The van der Waals surface area contributed by atoms with Crippen LogP contribution in [0.25, 0.3) is 12.2 Å². The minimum atomic E-state index is -3.93. The highest BCUT2D eigenvalue weighted by atomic mass is 32.2. The van der Waals surface area contributed by atoms with Gasteiger partial charge in [0.05, 0.1) is 13.2 Å². The van der Waals surface area contributed by atoms with E-state index in [1.807, 2.05) is 49.4 Å². The highest BCUT2D eigenvalue weighted by Crippen LogP contribution is 2.34. The summed E-state index contributed by atoms with van der Waals surface area (Å²) >= 11 is 0. The van der Waals surface area contributed by atoms with E-state index in [1.165, 1.54) is 10.7 Å². The average Bonchev–Trinajstić information content (AvgIpc) is 2.94. The highest BCUT2D eigenvalue weighted by molar-refractivity contribution is 7.89. The smallest absolute Gasteiger partial charge is 0.317 e. The fraction of sp³-hybridized carbons (Fsp3) is 0.500. The van der Waals surface area contributed by atoms with Crippen molar-refractivity contribution in [2.75, 3.05) is 26.7 Å². The first kappa shape index (κ1) is 29.1. The fourth-order valence-electron chi connectivity index (χ4n) is 5.20. The first-order valence-corrected chi connectivity index (χ1v) is 15.3. The lowest BCUT2D eigenvalue weighted by Crippen LogP contribution is -2.52. The average molecular weight is 556 g/mol. The zero-order valence-corrected chi connectivity index (χ0v) is 23.9. The molecular formula is C30H41N3O5S. The van der Waals surface area contributed by atoms with Crippen LogP contribution >= 0.6 is 0 Å². The standard InChI is InChI=1S/C30H41N3O5S/c1-22-19-33(23(2)21-34)39(36,37)29-17-16-25(15-14-24-10-6-4-7-11-24)18-27(29)38-28(22)20-32(3)30(35)31-26-12-8-5-9-13-26/h4,6-7,10-11,14-18,22-23,26,28,34H,5,8-9,12-13,19-21H2,1-3H3,(H,31,35)/b15-14+/t22-,23-,28+/m0/s1. The van der Waals surface area contributed by atoms with Crippen molar-refractivity contribution in [2.24, 2.45) is 5.92 Å². The quantitative estimate of drug-likeness (QED) is 0.487. The summed E-state index contributed by atoms with van der Waals surface area (Å²) in [6, 6.07) is 14.4. The van der Waals surface area contributed by atoms with Crippen LogP contribution < -0.4 is 10.1 Å². The number of urea groups is 1. The summed E-state index contributed by atoms with van der Waals surface area (Å²) in [5.74, 6) is 0.00774. The lowest BCUT2D eigenvalue weighted by molar-refractivity contribution is 0.0806. The van der Waals surface area contributed by atoms with Crippen LogP contribution in [0, 0.1) is 5.92 Å². The number of benzene rings is 2. The number of amides is 2. The van der Waals surface area contributed by atoms with E-state index in [9.17, 15) is 18.3 Å². The first-order chi connectivity index (χ1) is 18.7. The molecule has 1 aliphatic carbocycles. The predicted molar refractivity (Wildman–Crippen MR) is 154 cm³/mol. The number of nitrogens with one attached hydrogen (secondary N) is 1. The Morgan fingerprint density at radius 1 is 1.13 bits per heavy atom. The maximum absolute atomic E-state index is 13.7. The van der Waals surface area contributed by atoms with Crippen LogP contribution in [0.15, 0.2) is 53.4 Å². The van der Waals surface area contributed by atoms with Crippen molar-refractivity contribution in [1.82, 2.24) is 14.5 Å². The number of aliphatic hydroxyl groups excluding tert-OH is 1. The molecule has 1 aliphatic heterocycles. The molecule has 4 rings (SSSR count). The van der Waals surface area contributed by atoms with Gasteiger partial charge in [-0.15, -0.1) is 0 Å². The van der Waals surface area contributed by atoms with Crippen molar-refractivity contribution >= 4 is 28.2 Å². The molecule has 9 heteroatoms. The van der Waals surface area contributed by atoms with E-state index in [1.54, 1.807) is 37.1 Å². The van der Waals surface area contributed by atoms with E-state index in [2.05, 4.69) is 5.32 Å². The maximum Gasteiger partial charge on any atom is 0.317 e. The summed E-state index contributed by atoms with van der Waals surface area (Å²) in [5.41, 5.74) is 1.82. The largest absolute Gasteiger partial charge is 0.487 e. The van der Waals surface area contributed by atoms with Gasteiger partial charge in [0.2, 0.25) is 10.0 Å². The Labute approximate surface area is 232 Å². The summed E-state index contributed by atoms with van der Waals surface area (Å²) in [6.07, 6.45) is 8.88. The minimum Gasteiger partial charge on any atom is -0.487 e. The molecule has 0 unspecified atom stereocenters. The fourth-order valence-corrected chi connectivity index (χ4v) is 7.03. The zero-order chi connectivity index (χ0) is 28.0. The number of nitrogens with zero attached hydrogens (tertiary/aromatic N) is 2. The van der Waals surface area contributed by atoms with Gasteiger partial charge in [0.25, 0.3) is 0 Å². The van der Waals surface area contributed by atoms with Crippen LogP contribution in [0.2, 0.25) is 0 Å². The monoisotopic (exact) mass is 555 g/mol. The van der Waals surface area contributed by atoms with Gasteiger partial charge in [0.1, 0.15) is 16.7 Å². The molecule has 0 spiro atoms. The molecule has 2 aromatic rings. The Morgan fingerprint density at radius 3 is 2.51 bits per heavy atom. The summed E-state index contributed by atoms with van der Waals surface area (Å²) in [5, 5.41) is 13.0. The maximum atomic E-state index is 13.7. The van der Waals surface area contributed by atoms with Crippen molar-refractivity contribution in [2.45, 2.75) is 69.0 Å². The van der Waals surface area contributed by atoms with E-state index in [0.29, 0.717) is 6.54 Å². The van der Waals surface area contributed by atoms with Gasteiger partial charge in [-0.25, -0.2) is 13.2 Å². The molecule has 3 atom stereocenters. The van der Waals surface area contributed by atoms with Gasteiger partial charge in [-0.05, 0) is 43.0 Å². The number of carbonyl (C=O) groups excluding carboxylic acids is 1. The number of ether oxygens (including phenoxy) is 1. The number of aliphatic hydroxyl groups is 1. The third kappa shape index (κ3) is 7.21. The molecule has 212 valence electrons. The van der Waals surface area contributed by atoms with Gasteiger partial charge >= 0.3 is 6.03 Å². The van der Waals surface area contributed by atoms with Crippen molar-refractivity contribution in [1.29, 1.82) is 0 Å². The predicted octanol–water partition coefficient (Wildman–Crippen LogP) is 4.60. The molecule has 2 aliphatic rings. The first-order valence-electron chi connectivity index (χ1n) is 13.9. The van der Waals surface area contributed by atoms with Crippen LogP contribution in [-0.2, 0) is 10.0 Å². The van der Waals surface area contributed by atoms with E-state index < -0.39 is 22.2 Å². The minimum absolute atomic E-state index is 0.0610. The van der Waals surface area contributed by atoms with Crippen LogP contribution in [0.3, 0.4) is 0 Å². The van der Waals surface area contributed by atoms with Gasteiger partial charge in [-0.1, -0.05) is 74.7 Å². The Hall–Kier alpha value is -2.88. The number of rotatable bonds is 7. The van der Waals surface area contributed by atoms with E-state index in [0.717, 1.165) is 36.8 Å². The van der Waals surface area contributed by atoms with E-state index >= 15 is 0 Å². The molecule has 1 saturated carbocycles. The molecule has 39 heavy (non-hydrogen) atoms. The molecule has 0 bridgehead atoms. The van der Waals surface area contributed by atoms with Crippen LogP contribution in [0.1, 0.15) is 57.1 Å². The number of sulfonamides is 1. The number of hydrogen-bond donors (Lipinski definition) is 2. The van der Waals surface area contributed by atoms with Gasteiger partial charge in [0, 0.05) is 31.6 Å². The molecule has 2 N–H and O–H groups in total. The van der Waals surface area contributed by atoms with Crippen LogP contribution in [0.4, 0.5) is 4.79 Å². The second kappa shape index (κ2) is 13.0. The molecule has 0 aromatic heterocycles. The van der Waals surface area contributed by atoms with Gasteiger partial charge in [0.15, 0.2) is 0 Å². The molecule has 0 radical (unpaired) electrons. The summed E-state index contributed by atoms with van der Waals surface area (Å²) in [6.45, 7) is 3.79. The highest BCUT2D eigenvalue weighted by Gasteiger charge is 2.38. The SMILES string of the molecule is C[C@H]1CN([C@@H](C)CO)S(=O)(=O)c2ccc(/C=C/c3ccccc3)cc2O[C@@H]1CN(C)C(=O)NC1CCCCC1. The Balaban J connectivity index is 1.62. The second-order valence-electron chi connectivity index (χ2n) is 10.9. The lowest BCUT2D eigenvalue weighted by Gasteiger charge is -2.37. The van der Waals surface area contributed by atoms with Gasteiger partial charge in [-0.2, -0.15) is 4.31 Å². The molecule has 2 aromatic carbocycles. The molecule has 8 nitrogen and oxygen atoms in total. The number of hydrogen-bond acceptors (Lipinski definition) is 5. The summed E-state index contributed by atoms with van der Waals surface area (Å²) in [4.78, 5) is 14.7. The summed E-state index contributed by atoms with van der Waals surface area (Å²) in [7, 11) is -2.18. The third-order valence-electron chi connectivity index (χ3n) is 7.69. The van der Waals surface area contributed by atoms with Crippen molar-refractivity contribution < 1.29 is 23.1 Å². The topological polar surface area (TPSA) is 99.2 Å². The Kier molecular flexibility index (Phi) is 9.69. The number of likely N-dealkylation sites (N-methyl/N-ethyl adjacent to an activating group) is 1.